The van der Waals surface area contributed by atoms with E-state index in [1.165, 1.54) is 0 Å². The van der Waals surface area contributed by atoms with E-state index in [-0.39, 0.29) is 6.10 Å². The van der Waals surface area contributed by atoms with E-state index in [1.54, 1.807) is 12.4 Å². The van der Waals surface area contributed by atoms with Crippen LogP contribution < -0.4 is 4.74 Å². The Labute approximate surface area is 96.2 Å². The molecule has 0 aliphatic carbocycles. The summed E-state index contributed by atoms with van der Waals surface area (Å²) in [5, 5.41) is 0. The Morgan fingerprint density at radius 1 is 1.50 bits per heavy atom. The largest absolute Gasteiger partial charge is 0.461 e. The van der Waals surface area contributed by atoms with E-state index < -0.39 is 0 Å². The smallest absolute Gasteiger partial charge is 0.316 e. The predicted octanol–water partition coefficient (Wildman–Crippen LogP) is 1.64. The van der Waals surface area contributed by atoms with Gasteiger partial charge in [-0.1, -0.05) is 0 Å². The molecular weight excluding hydrogens is 295 g/mol. The van der Waals surface area contributed by atoms with Gasteiger partial charge in [0.15, 0.2) is 0 Å². The molecule has 0 spiro atoms. The van der Waals surface area contributed by atoms with Crippen LogP contribution in [0.1, 0.15) is 12.8 Å². The molecule has 1 atom stereocenters. The first kappa shape index (κ1) is 10.1. The second-order valence-corrected chi connectivity index (χ2v) is 4.38. The van der Waals surface area contributed by atoms with Crippen molar-refractivity contribution >= 4 is 22.6 Å². The maximum absolute atomic E-state index is 5.42. The lowest BCUT2D eigenvalue weighted by atomic mass is 10.2. The van der Waals surface area contributed by atoms with Crippen LogP contribution in [0.2, 0.25) is 0 Å². The van der Waals surface area contributed by atoms with E-state index in [1.807, 2.05) is 0 Å². The molecule has 0 aromatic carbocycles. The molecule has 0 radical (unpaired) electrons. The summed E-state index contributed by atoms with van der Waals surface area (Å²) in [6.07, 6.45) is 5.89. The molecule has 1 aliphatic rings. The maximum Gasteiger partial charge on any atom is 0.316 e. The van der Waals surface area contributed by atoms with Crippen molar-refractivity contribution in [1.29, 1.82) is 0 Å². The monoisotopic (exact) mass is 306 g/mol. The highest BCUT2D eigenvalue weighted by Gasteiger charge is 2.16. The quantitative estimate of drug-likeness (QED) is 0.796. The number of hydrogen-bond donors (Lipinski definition) is 0. The lowest BCUT2D eigenvalue weighted by Crippen LogP contribution is -2.17. The van der Waals surface area contributed by atoms with Crippen LogP contribution in [0.4, 0.5) is 0 Å². The zero-order chi connectivity index (χ0) is 9.80. The molecule has 1 aromatic rings. The van der Waals surface area contributed by atoms with Gasteiger partial charge in [0.25, 0.3) is 0 Å². The van der Waals surface area contributed by atoms with Crippen LogP contribution in [0.15, 0.2) is 12.4 Å². The average Bonchev–Trinajstić information content (AvgIpc) is 2.70. The molecule has 76 valence electrons. The van der Waals surface area contributed by atoms with E-state index in [0.29, 0.717) is 12.6 Å². The number of rotatable bonds is 3. The van der Waals surface area contributed by atoms with E-state index in [0.717, 1.165) is 23.0 Å². The predicted molar refractivity (Wildman–Crippen MR) is 59.2 cm³/mol. The molecule has 1 aliphatic heterocycles. The van der Waals surface area contributed by atoms with Crippen LogP contribution in [0.5, 0.6) is 6.01 Å². The van der Waals surface area contributed by atoms with Gasteiger partial charge in [-0.2, -0.15) is 0 Å². The molecule has 1 fully saturated rings. The van der Waals surface area contributed by atoms with E-state index in [2.05, 4.69) is 32.6 Å². The third-order valence-corrected chi connectivity index (χ3v) is 2.58. The second-order valence-electron chi connectivity index (χ2n) is 3.13. The molecule has 0 bridgehead atoms. The first-order valence-corrected chi connectivity index (χ1v) is 5.64. The Balaban J connectivity index is 1.82. The first-order valence-electron chi connectivity index (χ1n) is 4.56. The molecule has 2 heterocycles. The van der Waals surface area contributed by atoms with Gasteiger partial charge in [-0.3, -0.25) is 0 Å². The molecule has 14 heavy (non-hydrogen) atoms. The molecule has 2 rings (SSSR count). The van der Waals surface area contributed by atoms with Crippen molar-refractivity contribution in [1.82, 2.24) is 9.97 Å². The fourth-order valence-corrected chi connectivity index (χ4v) is 1.60. The van der Waals surface area contributed by atoms with Crippen molar-refractivity contribution in [3.8, 4) is 6.01 Å². The highest BCUT2D eigenvalue weighted by atomic mass is 127. The summed E-state index contributed by atoms with van der Waals surface area (Å²) in [4.78, 5) is 8.09. The van der Waals surface area contributed by atoms with Gasteiger partial charge < -0.3 is 9.47 Å². The van der Waals surface area contributed by atoms with E-state index >= 15 is 0 Å². The van der Waals surface area contributed by atoms with Gasteiger partial charge in [0.2, 0.25) is 0 Å². The summed E-state index contributed by atoms with van der Waals surface area (Å²) in [6, 6.07) is 0.431. The molecular formula is C9H11IN2O2. The van der Waals surface area contributed by atoms with Crippen molar-refractivity contribution in [2.45, 2.75) is 18.9 Å². The Kier molecular flexibility index (Phi) is 3.52. The van der Waals surface area contributed by atoms with Gasteiger partial charge >= 0.3 is 6.01 Å². The van der Waals surface area contributed by atoms with Crippen LogP contribution in [0.3, 0.4) is 0 Å². The van der Waals surface area contributed by atoms with Gasteiger partial charge in [0.1, 0.15) is 6.61 Å². The third-order valence-electron chi connectivity index (χ3n) is 2.02. The Morgan fingerprint density at radius 3 is 2.93 bits per heavy atom. The van der Waals surface area contributed by atoms with Crippen LogP contribution >= 0.6 is 22.6 Å². The second kappa shape index (κ2) is 4.88. The van der Waals surface area contributed by atoms with Crippen molar-refractivity contribution < 1.29 is 9.47 Å². The summed E-state index contributed by atoms with van der Waals surface area (Å²) in [5.74, 6) is 0. The van der Waals surface area contributed by atoms with E-state index in [9.17, 15) is 0 Å². The molecule has 0 saturated carbocycles. The normalized spacial score (nSPS) is 21.1. The molecule has 1 unspecified atom stereocenters. The van der Waals surface area contributed by atoms with Gasteiger partial charge in [-0.25, -0.2) is 9.97 Å². The Bertz CT molecular complexity index is 285. The molecule has 0 N–H and O–H groups in total. The van der Waals surface area contributed by atoms with Crippen molar-refractivity contribution in [3.05, 3.63) is 16.0 Å². The summed E-state index contributed by atoms with van der Waals surface area (Å²) in [5.41, 5.74) is 0. The van der Waals surface area contributed by atoms with Gasteiger partial charge in [-0.15, -0.1) is 0 Å². The third kappa shape index (κ3) is 2.78. The number of hydrogen-bond acceptors (Lipinski definition) is 4. The number of nitrogens with zero attached hydrogens (tertiary/aromatic N) is 2. The minimum absolute atomic E-state index is 0.220. The first-order chi connectivity index (χ1) is 6.84. The zero-order valence-electron chi connectivity index (χ0n) is 7.65. The number of halogens is 1. The maximum atomic E-state index is 5.42. The van der Waals surface area contributed by atoms with Crippen LogP contribution in [-0.2, 0) is 4.74 Å². The standard InChI is InChI=1S/C9H11IN2O2/c10-7-4-11-9(12-5-7)14-6-8-2-1-3-13-8/h4-5,8H,1-3,6H2. The zero-order valence-corrected chi connectivity index (χ0v) is 9.81. The molecule has 1 saturated heterocycles. The summed E-state index contributed by atoms with van der Waals surface area (Å²) in [6.45, 7) is 1.40. The number of aromatic nitrogens is 2. The minimum atomic E-state index is 0.220. The summed E-state index contributed by atoms with van der Waals surface area (Å²) < 4.78 is 11.8. The van der Waals surface area contributed by atoms with Gasteiger partial charge in [0, 0.05) is 22.6 Å². The molecule has 1 aromatic heterocycles. The van der Waals surface area contributed by atoms with E-state index in [4.69, 9.17) is 9.47 Å². The van der Waals surface area contributed by atoms with Crippen LogP contribution in [0, 0.1) is 3.57 Å². The molecule has 5 heteroatoms. The molecule has 0 amide bonds. The lowest BCUT2D eigenvalue weighted by molar-refractivity contribution is 0.0645. The topological polar surface area (TPSA) is 44.2 Å². The van der Waals surface area contributed by atoms with Gasteiger partial charge in [-0.05, 0) is 35.4 Å². The summed E-state index contributed by atoms with van der Waals surface area (Å²) >= 11 is 2.16. The Hall–Kier alpha value is -0.430. The van der Waals surface area contributed by atoms with Crippen molar-refractivity contribution in [2.24, 2.45) is 0 Å². The highest BCUT2D eigenvalue weighted by molar-refractivity contribution is 14.1. The SMILES string of the molecule is Ic1cnc(OCC2CCCO2)nc1. The Morgan fingerprint density at radius 2 is 2.29 bits per heavy atom. The van der Waals surface area contributed by atoms with Gasteiger partial charge in [0.05, 0.1) is 6.10 Å². The van der Waals surface area contributed by atoms with Crippen molar-refractivity contribution in [3.63, 3.8) is 0 Å². The highest BCUT2D eigenvalue weighted by Crippen LogP contribution is 2.13. The fraction of sp³-hybridized carbons (Fsp3) is 0.556. The summed E-state index contributed by atoms with van der Waals surface area (Å²) in [7, 11) is 0. The average molecular weight is 306 g/mol. The minimum Gasteiger partial charge on any atom is -0.461 e. The lowest BCUT2D eigenvalue weighted by Gasteiger charge is -2.09. The van der Waals surface area contributed by atoms with Crippen molar-refractivity contribution in [2.75, 3.05) is 13.2 Å². The van der Waals surface area contributed by atoms with Crippen LogP contribution in [-0.4, -0.2) is 29.3 Å². The molecule has 4 nitrogen and oxygen atoms in total. The number of ether oxygens (including phenoxy) is 2. The fourth-order valence-electron chi connectivity index (χ4n) is 1.32. The van der Waals surface area contributed by atoms with Crippen LogP contribution in [0.25, 0.3) is 0 Å².